The van der Waals surface area contributed by atoms with Crippen LogP contribution in [0, 0.1) is 0 Å². The Balaban J connectivity index is 3.84. The number of nitrogens with zero attached hydrogens (tertiary/aromatic N) is 1. The molecule has 4 heteroatoms. The highest BCUT2D eigenvalue weighted by Crippen LogP contribution is 2.06. The first-order valence-corrected chi connectivity index (χ1v) is 5.00. The van der Waals surface area contributed by atoms with Crippen LogP contribution < -0.4 is 5.73 Å². The molecule has 0 aliphatic heterocycles. The molecule has 3 nitrogen and oxygen atoms in total. The zero-order valence-electron chi connectivity index (χ0n) is 8.75. The van der Waals surface area contributed by atoms with Gasteiger partial charge in [-0.2, -0.15) is 0 Å². The fourth-order valence-corrected chi connectivity index (χ4v) is 1.45. The lowest BCUT2D eigenvalue weighted by atomic mass is 10.1. The quantitative estimate of drug-likeness (QED) is 0.628. The van der Waals surface area contributed by atoms with Crippen LogP contribution >= 0.6 is 12.2 Å². The van der Waals surface area contributed by atoms with Gasteiger partial charge in [-0.1, -0.05) is 19.1 Å². The molecule has 0 aromatic carbocycles. The summed E-state index contributed by atoms with van der Waals surface area (Å²) in [6.07, 6.45) is 1.86. The highest BCUT2D eigenvalue weighted by molar-refractivity contribution is 7.80. The van der Waals surface area contributed by atoms with Crippen LogP contribution in [0.4, 0.5) is 0 Å². The normalized spacial score (nSPS) is 13.2. The van der Waals surface area contributed by atoms with E-state index in [1.165, 1.54) is 0 Å². The number of rotatable bonds is 7. The Kier molecular flexibility index (Phi) is 7.13. The van der Waals surface area contributed by atoms with Gasteiger partial charge in [0.05, 0.1) is 11.6 Å². The Morgan fingerprint density at radius 1 is 1.62 bits per heavy atom. The Labute approximate surface area is 86.2 Å². The maximum atomic E-state index is 5.51. The molecule has 0 fully saturated rings. The Hall–Kier alpha value is -0.190. The maximum Gasteiger partial charge on any atom is 0.0743 e. The van der Waals surface area contributed by atoms with E-state index in [9.17, 15) is 0 Å². The molecule has 0 spiro atoms. The minimum Gasteiger partial charge on any atom is -0.393 e. The lowest BCUT2D eigenvalue weighted by molar-refractivity contribution is 0.138. The Bertz CT molecular complexity index is 153. The number of likely N-dealkylation sites (N-methyl/N-ethyl adjacent to an activating group) is 1. The highest BCUT2D eigenvalue weighted by atomic mass is 32.1. The van der Waals surface area contributed by atoms with Crippen molar-refractivity contribution in [2.24, 2.45) is 5.73 Å². The lowest BCUT2D eigenvalue weighted by Gasteiger charge is -2.26. The van der Waals surface area contributed by atoms with Crippen LogP contribution in [0.15, 0.2) is 0 Å². The monoisotopic (exact) mass is 204 g/mol. The third-order valence-corrected chi connectivity index (χ3v) is 2.35. The number of thiocarbonyl (C=S) groups is 1. The molecule has 0 aliphatic rings. The maximum absolute atomic E-state index is 5.51. The van der Waals surface area contributed by atoms with Crippen LogP contribution in [-0.2, 0) is 4.74 Å². The van der Waals surface area contributed by atoms with Crippen LogP contribution in [0.2, 0.25) is 0 Å². The van der Waals surface area contributed by atoms with E-state index in [2.05, 4.69) is 18.9 Å². The van der Waals surface area contributed by atoms with Crippen LogP contribution in [-0.4, -0.2) is 43.2 Å². The third-order valence-electron chi connectivity index (χ3n) is 2.18. The van der Waals surface area contributed by atoms with E-state index in [0.29, 0.717) is 11.0 Å². The summed E-state index contributed by atoms with van der Waals surface area (Å²) in [4.78, 5) is 2.83. The summed E-state index contributed by atoms with van der Waals surface area (Å²) in [7, 11) is 3.79. The van der Waals surface area contributed by atoms with Gasteiger partial charge in [0.15, 0.2) is 0 Å². The van der Waals surface area contributed by atoms with Gasteiger partial charge >= 0.3 is 0 Å². The second-order valence-electron chi connectivity index (χ2n) is 3.21. The SMILES string of the molecule is CCC(CC(N)=S)N(C)CCOC. The molecule has 2 N–H and O–H groups in total. The van der Waals surface area contributed by atoms with Crippen molar-refractivity contribution >= 4 is 17.2 Å². The smallest absolute Gasteiger partial charge is 0.0743 e. The molecule has 1 atom stereocenters. The fraction of sp³-hybridized carbons (Fsp3) is 0.889. The van der Waals surface area contributed by atoms with E-state index >= 15 is 0 Å². The van der Waals surface area contributed by atoms with Gasteiger partial charge in [0.1, 0.15) is 0 Å². The van der Waals surface area contributed by atoms with Gasteiger partial charge in [-0.3, -0.25) is 0 Å². The van der Waals surface area contributed by atoms with Crippen LogP contribution in [0.25, 0.3) is 0 Å². The predicted molar refractivity (Wildman–Crippen MR) is 60.0 cm³/mol. The van der Waals surface area contributed by atoms with Crippen molar-refractivity contribution in [1.82, 2.24) is 4.90 Å². The second-order valence-corrected chi connectivity index (χ2v) is 3.73. The highest BCUT2D eigenvalue weighted by Gasteiger charge is 2.12. The van der Waals surface area contributed by atoms with Crippen molar-refractivity contribution < 1.29 is 4.74 Å². The molecule has 0 rings (SSSR count). The molecule has 0 bridgehead atoms. The number of nitrogens with two attached hydrogens (primary N) is 1. The first-order chi connectivity index (χ1) is 6.11. The summed E-state index contributed by atoms with van der Waals surface area (Å²) in [5.74, 6) is 0. The van der Waals surface area contributed by atoms with Crippen LogP contribution in [0.3, 0.4) is 0 Å². The van der Waals surface area contributed by atoms with Gasteiger partial charge in [-0.25, -0.2) is 0 Å². The van der Waals surface area contributed by atoms with Crippen LogP contribution in [0.5, 0.6) is 0 Å². The van der Waals surface area contributed by atoms with Gasteiger partial charge in [0.25, 0.3) is 0 Å². The topological polar surface area (TPSA) is 38.5 Å². The summed E-state index contributed by atoms with van der Waals surface area (Å²) < 4.78 is 5.01. The number of ether oxygens (including phenoxy) is 1. The van der Waals surface area contributed by atoms with Crippen molar-refractivity contribution in [2.75, 3.05) is 27.3 Å². The zero-order valence-corrected chi connectivity index (χ0v) is 9.56. The summed E-state index contributed by atoms with van der Waals surface area (Å²) >= 11 is 4.89. The largest absolute Gasteiger partial charge is 0.393 e. The molecule has 0 aliphatic carbocycles. The molecule has 0 aromatic heterocycles. The van der Waals surface area contributed by atoms with Gasteiger partial charge < -0.3 is 15.4 Å². The molecule has 78 valence electrons. The summed E-state index contributed by atoms with van der Waals surface area (Å²) in [6.45, 7) is 3.83. The van der Waals surface area contributed by atoms with Gasteiger partial charge in [0, 0.05) is 26.1 Å². The van der Waals surface area contributed by atoms with Crippen molar-refractivity contribution in [1.29, 1.82) is 0 Å². The second kappa shape index (κ2) is 7.24. The molecule has 13 heavy (non-hydrogen) atoms. The van der Waals surface area contributed by atoms with Crippen molar-refractivity contribution in [3.8, 4) is 0 Å². The molecule has 0 radical (unpaired) electrons. The molecular weight excluding hydrogens is 184 g/mol. The van der Waals surface area contributed by atoms with Crippen molar-refractivity contribution in [3.63, 3.8) is 0 Å². The van der Waals surface area contributed by atoms with E-state index in [-0.39, 0.29) is 0 Å². The first-order valence-electron chi connectivity index (χ1n) is 4.59. The zero-order chi connectivity index (χ0) is 10.3. The van der Waals surface area contributed by atoms with E-state index in [1.807, 2.05) is 0 Å². The number of methoxy groups -OCH3 is 1. The summed E-state index contributed by atoms with van der Waals surface area (Å²) in [5.41, 5.74) is 5.51. The summed E-state index contributed by atoms with van der Waals surface area (Å²) in [5, 5.41) is 0. The first kappa shape index (κ1) is 12.8. The van der Waals surface area contributed by atoms with Crippen LogP contribution in [0.1, 0.15) is 19.8 Å². The molecule has 0 amide bonds. The van der Waals surface area contributed by atoms with E-state index in [1.54, 1.807) is 7.11 Å². The van der Waals surface area contributed by atoms with E-state index in [0.717, 1.165) is 26.0 Å². The standard InChI is InChI=1S/C9H20N2OS/c1-4-8(7-9(10)13)11(2)5-6-12-3/h8H,4-7H2,1-3H3,(H2,10,13). The summed E-state index contributed by atoms with van der Waals surface area (Å²) in [6, 6.07) is 0.452. The average Bonchev–Trinajstić information content (AvgIpc) is 2.09. The molecule has 0 heterocycles. The van der Waals surface area contributed by atoms with Gasteiger partial charge in [-0.15, -0.1) is 0 Å². The van der Waals surface area contributed by atoms with Gasteiger partial charge in [0.2, 0.25) is 0 Å². The Morgan fingerprint density at radius 3 is 2.62 bits per heavy atom. The number of hydrogen-bond donors (Lipinski definition) is 1. The molecule has 0 aromatic rings. The number of hydrogen-bond acceptors (Lipinski definition) is 3. The van der Waals surface area contributed by atoms with E-state index in [4.69, 9.17) is 22.7 Å². The molecular formula is C9H20N2OS. The average molecular weight is 204 g/mol. The van der Waals surface area contributed by atoms with Crippen molar-refractivity contribution in [3.05, 3.63) is 0 Å². The predicted octanol–water partition coefficient (Wildman–Crippen LogP) is 1.02. The minimum absolute atomic E-state index is 0.452. The van der Waals surface area contributed by atoms with Gasteiger partial charge in [-0.05, 0) is 13.5 Å². The third kappa shape index (κ3) is 5.96. The Morgan fingerprint density at radius 2 is 2.23 bits per heavy atom. The van der Waals surface area contributed by atoms with Crippen molar-refractivity contribution in [2.45, 2.75) is 25.8 Å². The van der Waals surface area contributed by atoms with E-state index < -0.39 is 0 Å². The minimum atomic E-state index is 0.452. The molecule has 0 saturated heterocycles. The fourth-order valence-electron chi connectivity index (χ4n) is 1.26. The lowest BCUT2D eigenvalue weighted by Crippen LogP contribution is -2.36. The molecule has 1 unspecified atom stereocenters. The molecule has 0 saturated carbocycles.